The van der Waals surface area contributed by atoms with Crippen molar-refractivity contribution in [3.8, 4) is 0 Å². The van der Waals surface area contributed by atoms with Gasteiger partial charge in [0.15, 0.2) is 0 Å². The van der Waals surface area contributed by atoms with Crippen LogP contribution in [0.1, 0.15) is 5.56 Å². The first-order valence-electron chi connectivity index (χ1n) is 3.94. The molecule has 0 bridgehead atoms. The fourth-order valence-electron chi connectivity index (χ4n) is 0.961. The van der Waals surface area contributed by atoms with E-state index in [1.807, 2.05) is 0 Å². The maximum Gasteiger partial charge on any atom is 0.416 e. The Morgan fingerprint density at radius 2 is 2.07 bits per heavy atom. The number of ether oxygens (including phenoxy) is 1. The van der Waals surface area contributed by atoms with Crippen molar-refractivity contribution in [2.24, 2.45) is 0 Å². The molecule has 0 saturated carbocycles. The van der Waals surface area contributed by atoms with E-state index >= 15 is 0 Å². The predicted molar refractivity (Wildman–Crippen MR) is 46.9 cm³/mol. The molecule has 0 aliphatic carbocycles. The van der Waals surface area contributed by atoms with E-state index in [2.05, 4.69) is 10.1 Å². The number of hydrogen-bond acceptors (Lipinski definition) is 2. The minimum Gasteiger partial charge on any atom is -0.365 e. The minimum absolute atomic E-state index is 0.182. The van der Waals surface area contributed by atoms with E-state index in [-0.39, 0.29) is 6.73 Å². The highest BCUT2D eigenvalue weighted by atomic mass is 19.4. The molecule has 0 radical (unpaired) electrons. The van der Waals surface area contributed by atoms with Gasteiger partial charge in [-0.1, -0.05) is 6.07 Å². The lowest BCUT2D eigenvalue weighted by molar-refractivity contribution is -0.137. The van der Waals surface area contributed by atoms with Crippen LogP contribution in [0.4, 0.5) is 18.9 Å². The zero-order chi connectivity index (χ0) is 10.6. The second-order valence-electron chi connectivity index (χ2n) is 2.69. The van der Waals surface area contributed by atoms with Crippen LogP contribution in [-0.4, -0.2) is 13.8 Å². The molecule has 0 atom stereocenters. The van der Waals surface area contributed by atoms with Gasteiger partial charge in [-0.25, -0.2) is 0 Å². The molecule has 1 N–H and O–H groups in total. The number of methoxy groups -OCH3 is 1. The van der Waals surface area contributed by atoms with Crippen molar-refractivity contribution in [3.05, 3.63) is 29.8 Å². The molecule has 78 valence electrons. The van der Waals surface area contributed by atoms with Gasteiger partial charge in [0.05, 0.1) is 5.56 Å². The van der Waals surface area contributed by atoms with Crippen molar-refractivity contribution in [2.75, 3.05) is 19.2 Å². The Kier molecular flexibility index (Phi) is 3.35. The Morgan fingerprint density at radius 1 is 1.36 bits per heavy atom. The van der Waals surface area contributed by atoms with E-state index in [0.717, 1.165) is 12.1 Å². The molecule has 1 aromatic carbocycles. The summed E-state index contributed by atoms with van der Waals surface area (Å²) in [7, 11) is 1.46. The molecule has 0 saturated heterocycles. The van der Waals surface area contributed by atoms with Gasteiger partial charge < -0.3 is 10.1 Å². The van der Waals surface area contributed by atoms with Crippen LogP contribution in [0.5, 0.6) is 0 Å². The Morgan fingerprint density at radius 3 is 2.64 bits per heavy atom. The normalized spacial score (nSPS) is 11.4. The van der Waals surface area contributed by atoms with Crippen LogP contribution < -0.4 is 5.32 Å². The third-order valence-electron chi connectivity index (χ3n) is 1.61. The molecule has 5 heteroatoms. The average Bonchev–Trinajstić information content (AvgIpc) is 2.14. The van der Waals surface area contributed by atoms with Crippen molar-refractivity contribution in [1.82, 2.24) is 0 Å². The van der Waals surface area contributed by atoms with Gasteiger partial charge in [0.1, 0.15) is 6.73 Å². The standard InChI is InChI=1S/C9H10F3NO/c1-14-6-13-8-4-2-3-7(5-8)9(10,11)12/h2-5,13H,6H2,1H3. The molecule has 0 spiro atoms. The highest BCUT2D eigenvalue weighted by Gasteiger charge is 2.30. The van der Waals surface area contributed by atoms with Crippen LogP contribution >= 0.6 is 0 Å². The van der Waals surface area contributed by atoms with Crippen molar-refractivity contribution in [3.63, 3.8) is 0 Å². The molecule has 0 fully saturated rings. The number of alkyl halides is 3. The van der Waals surface area contributed by atoms with Gasteiger partial charge >= 0.3 is 6.18 Å². The van der Waals surface area contributed by atoms with Crippen molar-refractivity contribution in [1.29, 1.82) is 0 Å². The lowest BCUT2D eigenvalue weighted by atomic mass is 10.2. The monoisotopic (exact) mass is 205 g/mol. The highest BCUT2D eigenvalue weighted by molar-refractivity contribution is 5.46. The molecule has 0 amide bonds. The fraction of sp³-hybridized carbons (Fsp3) is 0.333. The van der Waals surface area contributed by atoms with Crippen molar-refractivity contribution < 1.29 is 17.9 Å². The Bertz CT molecular complexity index is 298. The molecule has 2 nitrogen and oxygen atoms in total. The van der Waals surface area contributed by atoms with Crippen LogP contribution in [-0.2, 0) is 10.9 Å². The van der Waals surface area contributed by atoms with Gasteiger partial charge in [0.25, 0.3) is 0 Å². The van der Waals surface area contributed by atoms with Gasteiger partial charge in [-0.15, -0.1) is 0 Å². The van der Waals surface area contributed by atoms with E-state index in [1.165, 1.54) is 13.2 Å². The first-order chi connectivity index (χ1) is 6.54. The van der Waals surface area contributed by atoms with E-state index in [4.69, 9.17) is 0 Å². The summed E-state index contributed by atoms with van der Waals surface area (Å²) in [6.07, 6.45) is -4.30. The molecular weight excluding hydrogens is 195 g/mol. The summed E-state index contributed by atoms with van der Waals surface area (Å²) in [6, 6.07) is 4.96. The molecular formula is C9H10F3NO. The second kappa shape index (κ2) is 4.32. The van der Waals surface area contributed by atoms with Crippen molar-refractivity contribution in [2.45, 2.75) is 6.18 Å². The maximum atomic E-state index is 12.2. The van der Waals surface area contributed by atoms with Gasteiger partial charge in [0, 0.05) is 12.8 Å². The Balaban J connectivity index is 2.79. The number of benzene rings is 1. The first-order valence-corrected chi connectivity index (χ1v) is 3.94. The number of hydrogen-bond donors (Lipinski definition) is 1. The highest BCUT2D eigenvalue weighted by Crippen LogP contribution is 2.30. The molecule has 0 aliphatic heterocycles. The number of halogens is 3. The topological polar surface area (TPSA) is 21.3 Å². The average molecular weight is 205 g/mol. The number of nitrogens with one attached hydrogen (secondary N) is 1. The molecule has 0 unspecified atom stereocenters. The zero-order valence-electron chi connectivity index (χ0n) is 7.56. The lowest BCUT2D eigenvalue weighted by Crippen LogP contribution is -2.07. The third kappa shape index (κ3) is 2.92. The van der Waals surface area contributed by atoms with Gasteiger partial charge in [-0.2, -0.15) is 13.2 Å². The summed E-state index contributed by atoms with van der Waals surface area (Å²) >= 11 is 0. The second-order valence-corrected chi connectivity index (χ2v) is 2.69. The fourth-order valence-corrected chi connectivity index (χ4v) is 0.961. The molecule has 14 heavy (non-hydrogen) atoms. The third-order valence-corrected chi connectivity index (χ3v) is 1.61. The van der Waals surface area contributed by atoms with Gasteiger partial charge in [-0.3, -0.25) is 0 Å². The zero-order valence-corrected chi connectivity index (χ0v) is 7.56. The largest absolute Gasteiger partial charge is 0.416 e. The summed E-state index contributed by atoms with van der Waals surface area (Å²) < 4.78 is 41.4. The van der Waals surface area contributed by atoms with Gasteiger partial charge in [0.2, 0.25) is 0 Å². The van der Waals surface area contributed by atoms with E-state index in [9.17, 15) is 13.2 Å². The van der Waals surface area contributed by atoms with E-state index in [1.54, 1.807) is 6.07 Å². The molecule has 1 aromatic rings. The van der Waals surface area contributed by atoms with Crippen LogP contribution in [0, 0.1) is 0 Å². The molecule has 0 heterocycles. The summed E-state index contributed by atoms with van der Waals surface area (Å²) in [5.41, 5.74) is -0.278. The van der Waals surface area contributed by atoms with Gasteiger partial charge in [-0.05, 0) is 18.2 Å². The quantitative estimate of drug-likeness (QED) is 0.766. The lowest BCUT2D eigenvalue weighted by Gasteiger charge is -2.09. The van der Waals surface area contributed by atoms with Crippen LogP contribution in [0.25, 0.3) is 0 Å². The molecule has 0 aliphatic rings. The molecule has 1 rings (SSSR count). The number of anilines is 1. The molecule has 0 aromatic heterocycles. The Labute approximate surface area is 79.7 Å². The Hall–Kier alpha value is -1.23. The summed E-state index contributed by atoms with van der Waals surface area (Å²) in [5.74, 6) is 0. The minimum atomic E-state index is -4.30. The number of rotatable bonds is 3. The van der Waals surface area contributed by atoms with Crippen LogP contribution in [0.3, 0.4) is 0 Å². The van der Waals surface area contributed by atoms with E-state index in [0.29, 0.717) is 5.69 Å². The summed E-state index contributed by atoms with van der Waals surface area (Å²) in [6.45, 7) is 0.182. The SMILES string of the molecule is COCNc1cccc(C(F)(F)F)c1. The summed E-state index contributed by atoms with van der Waals surface area (Å²) in [4.78, 5) is 0. The van der Waals surface area contributed by atoms with Crippen LogP contribution in [0.2, 0.25) is 0 Å². The first kappa shape index (κ1) is 10.8. The van der Waals surface area contributed by atoms with E-state index < -0.39 is 11.7 Å². The maximum absolute atomic E-state index is 12.2. The predicted octanol–water partition coefficient (Wildman–Crippen LogP) is 2.72. The van der Waals surface area contributed by atoms with Crippen LogP contribution in [0.15, 0.2) is 24.3 Å². The smallest absolute Gasteiger partial charge is 0.365 e. The summed E-state index contributed by atoms with van der Waals surface area (Å²) in [5, 5.41) is 2.68. The van der Waals surface area contributed by atoms with Crippen molar-refractivity contribution >= 4 is 5.69 Å².